The van der Waals surface area contributed by atoms with Crippen molar-refractivity contribution in [2.45, 2.75) is 26.2 Å². The number of likely N-dealkylation sites (tertiary alicyclic amines) is 1. The van der Waals surface area contributed by atoms with Gasteiger partial charge in [-0.05, 0) is 44.8 Å². The molecule has 0 aliphatic carbocycles. The van der Waals surface area contributed by atoms with Gasteiger partial charge in [0, 0.05) is 6.54 Å². The van der Waals surface area contributed by atoms with Gasteiger partial charge in [-0.2, -0.15) is 0 Å². The molecule has 1 atom stereocenters. The van der Waals surface area contributed by atoms with E-state index in [1.54, 1.807) is 0 Å². The highest BCUT2D eigenvalue weighted by Crippen LogP contribution is 2.31. The molecule has 1 saturated heterocycles. The lowest BCUT2D eigenvalue weighted by molar-refractivity contribution is 0.119. The molecule has 0 amide bonds. The van der Waals surface area contributed by atoms with Crippen molar-refractivity contribution < 1.29 is 0 Å². The van der Waals surface area contributed by atoms with Crippen LogP contribution in [0, 0.1) is 5.41 Å². The molecule has 0 spiro atoms. The topological polar surface area (TPSA) is 29.3 Å². The van der Waals surface area contributed by atoms with Crippen LogP contribution in [-0.4, -0.2) is 31.6 Å². The number of rotatable bonds is 2. The minimum absolute atomic E-state index is 0.502. The Morgan fingerprint density at radius 3 is 2.82 bits per heavy atom. The zero-order valence-electron chi connectivity index (χ0n) is 7.77. The van der Waals surface area contributed by atoms with Crippen molar-refractivity contribution in [3.63, 3.8) is 0 Å². The van der Waals surface area contributed by atoms with Gasteiger partial charge < -0.3 is 10.6 Å². The minimum atomic E-state index is 0.502. The predicted octanol–water partition coefficient (Wildman–Crippen LogP) is 1.07. The molecule has 0 aromatic rings. The van der Waals surface area contributed by atoms with Crippen molar-refractivity contribution in [3.8, 4) is 0 Å². The van der Waals surface area contributed by atoms with Crippen LogP contribution < -0.4 is 5.73 Å². The van der Waals surface area contributed by atoms with Crippen LogP contribution in [0.3, 0.4) is 0 Å². The third-order valence-corrected chi connectivity index (χ3v) is 2.72. The fourth-order valence-electron chi connectivity index (χ4n) is 2.14. The lowest BCUT2D eigenvalue weighted by Gasteiger charge is -2.38. The second-order valence-electron chi connectivity index (χ2n) is 4.19. The van der Waals surface area contributed by atoms with Gasteiger partial charge in [-0.15, -0.1) is 0 Å². The van der Waals surface area contributed by atoms with Crippen molar-refractivity contribution >= 4 is 0 Å². The highest BCUT2D eigenvalue weighted by Gasteiger charge is 2.28. The fourth-order valence-corrected chi connectivity index (χ4v) is 2.14. The zero-order chi connectivity index (χ0) is 8.32. The first-order chi connectivity index (χ1) is 5.16. The van der Waals surface area contributed by atoms with Crippen LogP contribution in [0.4, 0.5) is 0 Å². The molecule has 0 aromatic carbocycles. The summed E-state index contributed by atoms with van der Waals surface area (Å²) in [5.74, 6) is 0. The van der Waals surface area contributed by atoms with E-state index < -0.39 is 0 Å². The van der Waals surface area contributed by atoms with E-state index in [0.717, 1.165) is 6.54 Å². The molecule has 2 nitrogen and oxygen atoms in total. The van der Waals surface area contributed by atoms with Gasteiger partial charge >= 0.3 is 0 Å². The largest absolute Gasteiger partial charge is 0.330 e. The smallest absolute Gasteiger partial charge is 0.00328 e. The van der Waals surface area contributed by atoms with Crippen LogP contribution in [0.2, 0.25) is 0 Å². The average molecular weight is 156 g/mol. The number of nitrogens with zero attached hydrogens (tertiary/aromatic N) is 1. The van der Waals surface area contributed by atoms with E-state index >= 15 is 0 Å². The Labute approximate surface area is 69.8 Å². The molecule has 0 bridgehead atoms. The second-order valence-corrected chi connectivity index (χ2v) is 4.19. The average Bonchev–Trinajstić information content (AvgIpc) is 1.86. The summed E-state index contributed by atoms with van der Waals surface area (Å²) in [6, 6.07) is 0. The van der Waals surface area contributed by atoms with Gasteiger partial charge in [-0.3, -0.25) is 0 Å². The third kappa shape index (κ3) is 2.46. The van der Waals surface area contributed by atoms with Crippen molar-refractivity contribution in [2.24, 2.45) is 11.1 Å². The summed E-state index contributed by atoms with van der Waals surface area (Å²) in [6.07, 6.45) is 3.87. The predicted molar refractivity (Wildman–Crippen MR) is 48.5 cm³/mol. The van der Waals surface area contributed by atoms with Crippen molar-refractivity contribution in [1.82, 2.24) is 4.90 Å². The molecular weight excluding hydrogens is 136 g/mol. The molecule has 1 aliphatic heterocycles. The van der Waals surface area contributed by atoms with Crippen molar-refractivity contribution in [1.29, 1.82) is 0 Å². The van der Waals surface area contributed by atoms with Crippen molar-refractivity contribution in [3.05, 3.63) is 0 Å². The molecule has 1 aliphatic rings. The zero-order valence-corrected chi connectivity index (χ0v) is 7.77. The maximum atomic E-state index is 5.57. The van der Waals surface area contributed by atoms with Gasteiger partial charge in [0.2, 0.25) is 0 Å². The summed E-state index contributed by atoms with van der Waals surface area (Å²) < 4.78 is 0. The Morgan fingerprint density at radius 1 is 1.55 bits per heavy atom. The van der Waals surface area contributed by atoms with Gasteiger partial charge in [0.25, 0.3) is 0 Å². The molecule has 2 N–H and O–H groups in total. The quantitative estimate of drug-likeness (QED) is 0.648. The van der Waals surface area contributed by atoms with E-state index in [4.69, 9.17) is 5.73 Å². The van der Waals surface area contributed by atoms with E-state index in [0.29, 0.717) is 5.41 Å². The van der Waals surface area contributed by atoms with Crippen molar-refractivity contribution in [2.75, 3.05) is 26.7 Å². The molecule has 0 saturated carbocycles. The van der Waals surface area contributed by atoms with Crippen LogP contribution in [-0.2, 0) is 0 Å². The first kappa shape index (κ1) is 9.01. The minimum Gasteiger partial charge on any atom is -0.330 e. The van der Waals surface area contributed by atoms with Gasteiger partial charge in [0.15, 0.2) is 0 Å². The summed E-state index contributed by atoms with van der Waals surface area (Å²) in [5, 5.41) is 0. The Morgan fingerprint density at radius 2 is 2.27 bits per heavy atom. The van der Waals surface area contributed by atoms with Crippen LogP contribution >= 0.6 is 0 Å². The summed E-state index contributed by atoms with van der Waals surface area (Å²) in [7, 11) is 2.20. The summed E-state index contributed by atoms with van der Waals surface area (Å²) in [5.41, 5.74) is 6.07. The molecule has 1 heterocycles. The molecule has 1 unspecified atom stereocenters. The van der Waals surface area contributed by atoms with Gasteiger partial charge in [0.05, 0.1) is 0 Å². The van der Waals surface area contributed by atoms with Crippen LogP contribution in [0.15, 0.2) is 0 Å². The summed E-state index contributed by atoms with van der Waals surface area (Å²) >= 11 is 0. The molecule has 2 heteroatoms. The highest BCUT2D eigenvalue weighted by atomic mass is 15.1. The van der Waals surface area contributed by atoms with E-state index in [9.17, 15) is 0 Å². The van der Waals surface area contributed by atoms with E-state index in [1.807, 2.05) is 0 Å². The van der Waals surface area contributed by atoms with E-state index in [1.165, 1.54) is 32.4 Å². The Balaban J connectivity index is 2.41. The lowest BCUT2D eigenvalue weighted by atomic mass is 9.79. The normalized spacial score (nSPS) is 34.1. The summed E-state index contributed by atoms with van der Waals surface area (Å²) in [4.78, 5) is 2.42. The van der Waals surface area contributed by atoms with Crippen LogP contribution in [0.1, 0.15) is 26.2 Å². The molecule has 11 heavy (non-hydrogen) atoms. The third-order valence-electron chi connectivity index (χ3n) is 2.72. The number of piperidine rings is 1. The summed E-state index contributed by atoms with van der Waals surface area (Å²) in [6.45, 7) is 5.68. The van der Waals surface area contributed by atoms with Gasteiger partial charge in [-0.25, -0.2) is 0 Å². The molecule has 1 rings (SSSR count). The molecule has 66 valence electrons. The number of hydrogen-bond donors (Lipinski definition) is 1. The first-order valence-electron chi connectivity index (χ1n) is 4.55. The molecular formula is C9H20N2. The van der Waals surface area contributed by atoms with Crippen LogP contribution in [0.5, 0.6) is 0 Å². The van der Waals surface area contributed by atoms with Crippen LogP contribution in [0.25, 0.3) is 0 Å². The number of hydrogen-bond acceptors (Lipinski definition) is 2. The molecule has 0 radical (unpaired) electrons. The van der Waals surface area contributed by atoms with E-state index in [2.05, 4.69) is 18.9 Å². The standard InChI is InChI=1S/C9H20N2/c1-9(5-6-10)4-3-7-11(2)8-9/h3-8,10H2,1-2H3. The fraction of sp³-hybridized carbons (Fsp3) is 1.00. The second kappa shape index (κ2) is 3.55. The maximum absolute atomic E-state index is 5.57. The van der Waals surface area contributed by atoms with Gasteiger partial charge in [0.1, 0.15) is 0 Å². The molecule has 0 aromatic heterocycles. The maximum Gasteiger partial charge on any atom is 0.00328 e. The SMILES string of the molecule is CN1CCCC(C)(CCN)C1. The molecule has 1 fully saturated rings. The Bertz CT molecular complexity index is 121. The Hall–Kier alpha value is -0.0800. The Kier molecular flexibility index (Phi) is 2.90. The lowest BCUT2D eigenvalue weighted by Crippen LogP contribution is -2.40. The number of nitrogens with two attached hydrogens (primary N) is 1. The first-order valence-corrected chi connectivity index (χ1v) is 4.55. The monoisotopic (exact) mass is 156 g/mol. The van der Waals surface area contributed by atoms with E-state index in [-0.39, 0.29) is 0 Å². The van der Waals surface area contributed by atoms with Gasteiger partial charge in [-0.1, -0.05) is 6.92 Å². The highest BCUT2D eigenvalue weighted by molar-refractivity contribution is 4.82.